The van der Waals surface area contributed by atoms with Crippen molar-refractivity contribution in [1.82, 2.24) is 14.6 Å². The standard InChI is InChI=1S/C16H9BrClN3O2/c17-10-9-19-21-15(23-13-5-2-1-4-11(13)18)8-12(20-16(10)21)14-6-3-7-22-14/h1-9H. The fraction of sp³-hybridized carbons (Fsp3) is 0. The summed E-state index contributed by atoms with van der Waals surface area (Å²) in [5.41, 5.74) is 1.27. The van der Waals surface area contributed by atoms with Crippen LogP contribution in [0.25, 0.3) is 17.1 Å². The predicted molar refractivity (Wildman–Crippen MR) is 89.9 cm³/mol. The third-order valence-corrected chi connectivity index (χ3v) is 4.09. The first kappa shape index (κ1) is 14.3. The first-order chi connectivity index (χ1) is 11.2. The fourth-order valence-electron chi connectivity index (χ4n) is 2.17. The van der Waals surface area contributed by atoms with Crippen molar-refractivity contribution in [1.29, 1.82) is 0 Å². The highest BCUT2D eigenvalue weighted by atomic mass is 79.9. The van der Waals surface area contributed by atoms with E-state index in [4.69, 9.17) is 20.8 Å². The van der Waals surface area contributed by atoms with Gasteiger partial charge in [-0.25, -0.2) is 4.98 Å². The summed E-state index contributed by atoms with van der Waals surface area (Å²) in [6.45, 7) is 0. The molecule has 7 heteroatoms. The number of hydrogen-bond acceptors (Lipinski definition) is 4. The second kappa shape index (κ2) is 5.72. The Morgan fingerprint density at radius 2 is 2.04 bits per heavy atom. The van der Waals surface area contributed by atoms with Crippen molar-refractivity contribution in [3.63, 3.8) is 0 Å². The van der Waals surface area contributed by atoms with Crippen LogP contribution in [0.1, 0.15) is 0 Å². The number of furan rings is 1. The van der Waals surface area contributed by atoms with Crippen LogP contribution in [-0.4, -0.2) is 14.6 Å². The Bertz CT molecular complexity index is 982. The minimum absolute atomic E-state index is 0.486. The summed E-state index contributed by atoms with van der Waals surface area (Å²) in [7, 11) is 0. The Hall–Kier alpha value is -2.31. The van der Waals surface area contributed by atoms with Gasteiger partial charge in [0.05, 0.1) is 22.0 Å². The molecule has 0 amide bonds. The lowest BCUT2D eigenvalue weighted by molar-refractivity contribution is 0.446. The molecule has 0 saturated carbocycles. The molecule has 0 aliphatic heterocycles. The summed E-state index contributed by atoms with van der Waals surface area (Å²) >= 11 is 9.61. The number of nitrogens with zero attached hydrogens (tertiary/aromatic N) is 3. The maximum absolute atomic E-state index is 6.17. The number of rotatable bonds is 3. The summed E-state index contributed by atoms with van der Waals surface area (Å²) in [5, 5.41) is 4.79. The van der Waals surface area contributed by atoms with E-state index in [2.05, 4.69) is 26.0 Å². The number of aromatic nitrogens is 3. The van der Waals surface area contributed by atoms with Crippen molar-refractivity contribution < 1.29 is 9.15 Å². The van der Waals surface area contributed by atoms with Crippen LogP contribution in [0.3, 0.4) is 0 Å². The minimum atomic E-state index is 0.486. The molecule has 114 valence electrons. The van der Waals surface area contributed by atoms with Gasteiger partial charge in [-0.05, 0) is 40.2 Å². The van der Waals surface area contributed by atoms with Gasteiger partial charge in [-0.2, -0.15) is 9.61 Å². The summed E-state index contributed by atoms with van der Waals surface area (Å²) in [4.78, 5) is 4.55. The molecular formula is C16H9BrClN3O2. The second-order valence-electron chi connectivity index (χ2n) is 4.72. The van der Waals surface area contributed by atoms with Gasteiger partial charge in [0.1, 0.15) is 11.4 Å². The van der Waals surface area contributed by atoms with Gasteiger partial charge in [0.2, 0.25) is 5.88 Å². The zero-order chi connectivity index (χ0) is 15.8. The molecule has 5 nitrogen and oxygen atoms in total. The van der Waals surface area contributed by atoms with E-state index in [1.54, 1.807) is 41.2 Å². The summed E-state index contributed by atoms with van der Waals surface area (Å²) < 4.78 is 13.7. The van der Waals surface area contributed by atoms with Crippen LogP contribution in [0.4, 0.5) is 0 Å². The smallest absolute Gasteiger partial charge is 0.224 e. The van der Waals surface area contributed by atoms with E-state index in [0.717, 1.165) is 4.47 Å². The molecule has 0 aliphatic carbocycles. The van der Waals surface area contributed by atoms with E-state index in [9.17, 15) is 0 Å². The van der Waals surface area contributed by atoms with Crippen LogP contribution >= 0.6 is 27.5 Å². The molecule has 3 aromatic heterocycles. The maximum Gasteiger partial charge on any atom is 0.224 e. The quantitative estimate of drug-likeness (QED) is 0.482. The normalized spacial score (nSPS) is 11.0. The third kappa shape index (κ3) is 2.60. The lowest BCUT2D eigenvalue weighted by atomic mass is 10.3. The topological polar surface area (TPSA) is 52.6 Å². The highest BCUT2D eigenvalue weighted by Crippen LogP contribution is 2.32. The summed E-state index contributed by atoms with van der Waals surface area (Å²) in [5.74, 6) is 1.67. The summed E-state index contributed by atoms with van der Waals surface area (Å²) in [6.07, 6.45) is 3.26. The van der Waals surface area contributed by atoms with E-state index in [1.165, 1.54) is 0 Å². The fourth-order valence-corrected chi connectivity index (χ4v) is 2.69. The molecule has 0 radical (unpaired) electrons. The van der Waals surface area contributed by atoms with Crippen LogP contribution < -0.4 is 4.74 Å². The van der Waals surface area contributed by atoms with E-state index >= 15 is 0 Å². The SMILES string of the molecule is Clc1ccccc1Oc1cc(-c2ccco2)nc2c(Br)cnn12. The number of fused-ring (bicyclic) bond motifs is 1. The van der Waals surface area contributed by atoms with Crippen molar-refractivity contribution in [2.75, 3.05) is 0 Å². The third-order valence-electron chi connectivity index (χ3n) is 3.22. The molecule has 23 heavy (non-hydrogen) atoms. The van der Waals surface area contributed by atoms with Gasteiger partial charge < -0.3 is 9.15 Å². The number of halogens is 2. The molecule has 0 fully saturated rings. The van der Waals surface area contributed by atoms with Crippen molar-refractivity contribution >= 4 is 33.2 Å². The van der Waals surface area contributed by atoms with Gasteiger partial charge in [0.15, 0.2) is 11.4 Å². The Labute approximate surface area is 144 Å². The minimum Gasteiger partial charge on any atom is -0.463 e. The van der Waals surface area contributed by atoms with Crippen molar-refractivity contribution in [3.8, 4) is 23.1 Å². The zero-order valence-electron chi connectivity index (χ0n) is 11.6. The van der Waals surface area contributed by atoms with E-state index < -0.39 is 0 Å². The average Bonchev–Trinajstić information content (AvgIpc) is 3.20. The Kier molecular flexibility index (Phi) is 3.55. The molecule has 0 bridgehead atoms. The van der Waals surface area contributed by atoms with E-state index in [1.807, 2.05) is 18.2 Å². The molecule has 0 saturated heterocycles. The predicted octanol–water partition coefficient (Wildman–Crippen LogP) is 5.20. The van der Waals surface area contributed by atoms with Crippen LogP contribution in [0.2, 0.25) is 5.02 Å². The molecule has 0 N–H and O–H groups in total. The second-order valence-corrected chi connectivity index (χ2v) is 5.98. The maximum atomic E-state index is 6.17. The van der Waals surface area contributed by atoms with Gasteiger partial charge in [0, 0.05) is 6.07 Å². The molecule has 3 heterocycles. The molecule has 4 rings (SSSR count). The summed E-state index contributed by atoms with van der Waals surface area (Å²) in [6, 6.07) is 12.7. The van der Waals surface area contributed by atoms with Crippen molar-refractivity contribution in [2.45, 2.75) is 0 Å². The van der Waals surface area contributed by atoms with Crippen LogP contribution in [-0.2, 0) is 0 Å². The highest BCUT2D eigenvalue weighted by molar-refractivity contribution is 9.10. The van der Waals surface area contributed by atoms with Crippen molar-refractivity contribution in [2.24, 2.45) is 0 Å². The Balaban J connectivity index is 1.89. The average molecular weight is 391 g/mol. The van der Waals surface area contributed by atoms with Gasteiger partial charge in [-0.3, -0.25) is 0 Å². The molecule has 4 aromatic rings. The number of para-hydroxylation sites is 1. The van der Waals surface area contributed by atoms with Crippen LogP contribution in [0.5, 0.6) is 11.6 Å². The van der Waals surface area contributed by atoms with E-state index in [0.29, 0.717) is 33.8 Å². The zero-order valence-corrected chi connectivity index (χ0v) is 14.0. The van der Waals surface area contributed by atoms with E-state index in [-0.39, 0.29) is 0 Å². The highest BCUT2D eigenvalue weighted by Gasteiger charge is 2.15. The number of hydrogen-bond donors (Lipinski definition) is 0. The lowest BCUT2D eigenvalue weighted by Gasteiger charge is -2.10. The van der Waals surface area contributed by atoms with Gasteiger partial charge in [-0.15, -0.1) is 0 Å². The van der Waals surface area contributed by atoms with Crippen LogP contribution in [0.15, 0.2) is 63.8 Å². The first-order valence-electron chi connectivity index (χ1n) is 6.73. The van der Waals surface area contributed by atoms with Gasteiger partial charge in [-0.1, -0.05) is 23.7 Å². The Morgan fingerprint density at radius 3 is 2.83 bits per heavy atom. The molecule has 1 aromatic carbocycles. The first-order valence-corrected chi connectivity index (χ1v) is 7.90. The molecule has 0 unspecified atom stereocenters. The van der Waals surface area contributed by atoms with Gasteiger partial charge in [0.25, 0.3) is 0 Å². The Morgan fingerprint density at radius 1 is 1.17 bits per heavy atom. The van der Waals surface area contributed by atoms with Crippen LogP contribution in [0, 0.1) is 0 Å². The number of ether oxygens (including phenoxy) is 1. The monoisotopic (exact) mass is 389 g/mol. The largest absolute Gasteiger partial charge is 0.463 e. The molecule has 0 aliphatic rings. The molecule has 0 spiro atoms. The molecular weight excluding hydrogens is 382 g/mol. The van der Waals surface area contributed by atoms with Crippen molar-refractivity contribution in [3.05, 3.63) is 64.4 Å². The molecule has 0 atom stereocenters. The lowest BCUT2D eigenvalue weighted by Crippen LogP contribution is -1.99. The number of benzene rings is 1. The van der Waals surface area contributed by atoms with Gasteiger partial charge >= 0.3 is 0 Å².